The minimum Gasteiger partial charge on any atom is -0.409 e. The predicted molar refractivity (Wildman–Crippen MR) is 75.6 cm³/mol. The quantitative estimate of drug-likeness (QED) is 0.308. The number of aromatic nitrogens is 3. The van der Waals surface area contributed by atoms with E-state index in [0.29, 0.717) is 11.8 Å². The van der Waals surface area contributed by atoms with Gasteiger partial charge in [-0.15, -0.1) is 0 Å². The first-order valence-electron chi connectivity index (χ1n) is 6.13. The second kappa shape index (κ2) is 4.91. The maximum atomic E-state index is 8.59. The highest BCUT2D eigenvalue weighted by atomic mass is 16.4. The summed E-state index contributed by atoms with van der Waals surface area (Å²) >= 11 is 0. The van der Waals surface area contributed by atoms with Crippen molar-refractivity contribution in [1.82, 2.24) is 15.0 Å². The molecule has 0 fully saturated rings. The first-order valence-corrected chi connectivity index (χ1v) is 6.13. The Bertz CT molecular complexity index is 580. The molecule has 1 aliphatic rings. The van der Waals surface area contributed by atoms with E-state index in [0.717, 1.165) is 12.1 Å². The molecule has 9 nitrogen and oxygen atoms in total. The van der Waals surface area contributed by atoms with Crippen molar-refractivity contribution in [2.75, 3.05) is 10.7 Å². The van der Waals surface area contributed by atoms with Crippen LogP contribution in [0.1, 0.15) is 33.0 Å². The fourth-order valence-corrected chi connectivity index (χ4v) is 2.15. The Morgan fingerprint density at radius 2 is 2.10 bits per heavy atom. The third-order valence-electron chi connectivity index (χ3n) is 2.88. The van der Waals surface area contributed by atoms with Crippen LogP contribution in [0.3, 0.4) is 0 Å². The molecule has 108 valence electrons. The minimum atomic E-state index is -0.230. The van der Waals surface area contributed by atoms with Gasteiger partial charge in [0.1, 0.15) is 11.7 Å². The van der Waals surface area contributed by atoms with Crippen LogP contribution in [0.15, 0.2) is 10.3 Å². The smallest absolute Gasteiger partial charge is 0.251 e. The van der Waals surface area contributed by atoms with Crippen molar-refractivity contribution >= 4 is 23.4 Å². The zero-order valence-corrected chi connectivity index (χ0v) is 11.7. The van der Waals surface area contributed by atoms with Gasteiger partial charge in [0.25, 0.3) is 5.95 Å². The molecule has 0 saturated carbocycles. The summed E-state index contributed by atoms with van der Waals surface area (Å²) in [6.07, 6.45) is 0.904. The van der Waals surface area contributed by atoms with E-state index in [4.69, 9.17) is 16.7 Å². The highest BCUT2D eigenvalue weighted by molar-refractivity contribution is 5.87. The molecule has 0 radical (unpaired) electrons. The zero-order valence-electron chi connectivity index (χ0n) is 11.7. The molecule has 0 spiro atoms. The summed E-state index contributed by atoms with van der Waals surface area (Å²) in [5, 5.41) is 17.6. The van der Waals surface area contributed by atoms with Gasteiger partial charge < -0.3 is 16.7 Å². The van der Waals surface area contributed by atoms with Crippen LogP contribution in [0.25, 0.3) is 0 Å². The van der Waals surface area contributed by atoms with Crippen LogP contribution >= 0.6 is 0 Å². The first kappa shape index (κ1) is 14.0. The topological polar surface area (TPSA) is 139 Å². The van der Waals surface area contributed by atoms with Crippen LogP contribution in [0.2, 0.25) is 0 Å². The molecule has 0 aliphatic carbocycles. The standard InChI is InChI=1S/C11H18N8O/c1-6-5-11(2,3)19(17-6)10-15-8(4-7(12)18-20)14-9(13)16-10/h20H,4-5H2,1-3H3,(H2,12,18)(H2,13,14,15,16). The zero-order chi connectivity index (χ0) is 14.9. The van der Waals surface area contributed by atoms with E-state index in [1.807, 2.05) is 20.8 Å². The average Bonchev–Trinajstić information content (AvgIpc) is 2.61. The van der Waals surface area contributed by atoms with Gasteiger partial charge >= 0.3 is 0 Å². The van der Waals surface area contributed by atoms with Crippen LogP contribution < -0.4 is 16.5 Å². The Morgan fingerprint density at radius 1 is 1.40 bits per heavy atom. The average molecular weight is 278 g/mol. The molecule has 2 heterocycles. The van der Waals surface area contributed by atoms with Gasteiger partial charge in [0.05, 0.1) is 12.0 Å². The Kier molecular flexibility index (Phi) is 3.43. The predicted octanol–water partition coefficient (Wildman–Crippen LogP) is 0.107. The number of oxime groups is 1. The molecule has 0 atom stereocenters. The van der Waals surface area contributed by atoms with E-state index in [9.17, 15) is 0 Å². The molecular weight excluding hydrogens is 260 g/mol. The molecule has 1 aromatic rings. The lowest BCUT2D eigenvalue weighted by Gasteiger charge is -2.28. The molecule has 2 rings (SSSR count). The molecule has 5 N–H and O–H groups in total. The number of anilines is 2. The number of hydrogen-bond acceptors (Lipinski definition) is 8. The summed E-state index contributed by atoms with van der Waals surface area (Å²) in [6.45, 7) is 6.02. The normalized spacial score (nSPS) is 18.2. The van der Waals surface area contributed by atoms with Crippen molar-refractivity contribution < 1.29 is 5.21 Å². The fourth-order valence-electron chi connectivity index (χ4n) is 2.15. The highest BCUT2D eigenvalue weighted by Crippen LogP contribution is 2.30. The van der Waals surface area contributed by atoms with Gasteiger partial charge in [-0.3, -0.25) is 0 Å². The van der Waals surface area contributed by atoms with Crippen LogP contribution in [-0.4, -0.2) is 37.2 Å². The molecule has 1 aliphatic heterocycles. The molecule has 0 bridgehead atoms. The summed E-state index contributed by atoms with van der Waals surface area (Å²) in [5.41, 5.74) is 11.9. The second-order valence-corrected chi connectivity index (χ2v) is 5.31. The fraction of sp³-hybridized carbons (Fsp3) is 0.545. The van der Waals surface area contributed by atoms with Gasteiger partial charge in [0.2, 0.25) is 5.95 Å². The third kappa shape index (κ3) is 2.76. The van der Waals surface area contributed by atoms with Crippen molar-refractivity contribution in [3.8, 4) is 0 Å². The minimum absolute atomic E-state index is 0.00177. The molecule has 9 heteroatoms. The Morgan fingerprint density at radius 3 is 2.65 bits per heavy atom. The van der Waals surface area contributed by atoms with E-state index in [2.05, 4.69) is 25.2 Å². The lowest BCUT2D eigenvalue weighted by molar-refractivity contribution is 0.317. The van der Waals surface area contributed by atoms with E-state index in [1.54, 1.807) is 5.01 Å². The number of amidine groups is 1. The summed E-state index contributed by atoms with van der Waals surface area (Å²) < 4.78 is 0. The number of hydrogen-bond donors (Lipinski definition) is 3. The lowest BCUT2D eigenvalue weighted by Crippen LogP contribution is -2.38. The van der Waals surface area contributed by atoms with E-state index >= 15 is 0 Å². The largest absolute Gasteiger partial charge is 0.409 e. The molecule has 0 saturated heterocycles. The number of rotatable bonds is 3. The molecule has 20 heavy (non-hydrogen) atoms. The van der Waals surface area contributed by atoms with E-state index in [1.165, 1.54) is 0 Å². The van der Waals surface area contributed by atoms with Crippen LogP contribution in [0, 0.1) is 0 Å². The van der Waals surface area contributed by atoms with Crippen LogP contribution in [0.4, 0.5) is 11.9 Å². The molecule has 0 aromatic carbocycles. The maximum Gasteiger partial charge on any atom is 0.251 e. The van der Waals surface area contributed by atoms with E-state index < -0.39 is 0 Å². The molecule has 0 amide bonds. The Balaban J connectivity index is 2.38. The second-order valence-electron chi connectivity index (χ2n) is 5.31. The van der Waals surface area contributed by atoms with Crippen molar-refractivity contribution in [3.63, 3.8) is 0 Å². The SMILES string of the molecule is CC1=NN(c2nc(N)nc(C/C(N)=N/O)n2)C(C)(C)C1. The van der Waals surface area contributed by atoms with Crippen molar-refractivity contribution in [1.29, 1.82) is 0 Å². The summed E-state index contributed by atoms with van der Waals surface area (Å²) in [6, 6.07) is 0. The van der Waals surface area contributed by atoms with Crippen molar-refractivity contribution in [2.45, 2.75) is 39.2 Å². The number of nitrogen functional groups attached to an aromatic ring is 1. The van der Waals surface area contributed by atoms with Crippen LogP contribution in [0.5, 0.6) is 0 Å². The molecule has 0 unspecified atom stereocenters. The number of hydrazone groups is 1. The third-order valence-corrected chi connectivity index (χ3v) is 2.88. The number of nitrogens with two attached hydrogens (primary N) is 2. The maximum absolute atomic E-state index is 8.59. The Labute approximate surface area is 116 Å². The van der Waals surface area contributed by atoms with Crippen LogP contribution in [-0.2, 0) is 6.42 Å². The van der Waals surface area contributed by atoms with Crippen molar-refractivity contribution in [2.24, 2.45) is 16.0 Å². The Hall–Kier alpha value is -2.45. The van der Waals surface area contributed by atoms with Gasteiger partial charge in [0.15, 0.2) is 0 Å². The monoisotopic (exact) mass is 278 g/mol. The summed E-state index contributed by atoms with van der Waals surface area (Å²) in [4.78, 5) is 12.4. The van der Waals surface area contributed by atoms with E-state index in [-0.39, 0.29) is 23.7 Å². The first-order chi connectivity index (χ1) is 9.31. The van der Waals surface area contributed by atoms with Gasteiger partial charge in [-0.2, -0.15) is 20.1 Å². The molecule has 1 aromatic heterocycles. The van der Waals surface area contributed by atoms with Gasteiger partial charge in [-0.05, 0) is 20.8 Å². The molecular formula is C11H18N8O. The van der Waals surface area contributed by atoms with Gasteiger partial charge in [0, 0.05) is 12.1 Å². The van der Waals surface area contributed by atoms with Crippen molar-refractivity contribution in [3.05, 3.63) is 5.82 Å². The van der Waals surface area contributed by atoms with Gasteiger partial charge in [-0.1, -0.05) is 5.16 Å². The highest BCUT2D eigenvalue weighted by Gasteiger charge is 2.35. The lowest BCUT2D eigenvalue weighted by atomic mass is 9.99. The summed E-state index contributed by atoms with van der Waals surface area (Å²) in [5.74, 6) is 0.770. The van der Waals surface area contributed by atoms with Gasteiger partial charge in [-0.25, -0.2) is 5.01 Å². The summed E-state index contributed by atoms with van der Waals surface area (Å²) in [7, 11) is 0. The number of nitrogens with zero attached hydrogens (tertiary/aromatic N) is 6.